The number of fused-ring (bicyclic) bond motifs is 1. The minimum atomic E-state index is -5.22. The number of halogens is 1. The van der Waals surface area contributed by atoms with Gasteiger partial charge in [0, 0.05) is 11.1 Å². The largest absolute Gasteiger partial charge is 1.00 e. The Kier molecular flexibility index (Phi) is 12.5. The van der Waals surface area contributed by atoms with E-state index in [0.29, 0.717) is 5.69 Å². The van der Waals surface area contributed by atoms with Gasteiger partial charge in [0.05, 0.1) is 30.6 Å². The quantitative estimate of drug-likeness (QED) is 0.106. The first-order valence-corrected chi connectivity index (χ1v) is 14.0. The molecule has 210 valence electrons. The predicted molar refractivity (Wildman–Crippen MR) is 137 cm³/mol. The second-order valence-electron chi connectivity index (χ2n) is 7.81. The first kappa shape index (κ1) is 36.0. The van der Waals surface area contributed by atoms with Crippen LogP contribution in [0, 0.1) is 0 Å². The van der Waals surface area contributed by atoms with Crippen molar-refractivity contribution in [3.8, 4) is 17.5 Å². The Morgan fingerprint density at radius 1 is 0.905 bits per heavy atom. The minimum absolute atomic E-state index is 0. The Bertz CT molecular complexity index is 1880. The molecule has 0 aliphatic carbocycles. The standard InChI is InChI=1S/C22H19ClN6O9S2.2Na/c1-37-13-4-6-15(16(9-13)39(31,32)33)28-29-19-17(40(34,35)36)8-11-7-12(3-5-14(11)20(19)30)24-10-18-25-21(23)27-22(26-18)38-2;;/h3-9,24,30H,10H2,1-2H3,(H,31,32,33)(H,34,35,36);;/q;2*+1/p-2. The first-order valence-electron chi connectivity index (χ1n) is 10.8. The topological polar surface area (TPSA) is 229 Å². The summed E-state index contributed by atoms with van der Waals surface area (Å²) in [6, 6.07) is 8.62. The number of aromatic hydroxyl groups is 1. The summed E-state index contributed by atoms with van der Waals surface area (Å²) in [4.78, 5) is 10.0. The third kappa shape index (κ3) is 8.48. The van der Waals surface area contributed by atoms with Crippen LogP contribution in [0.25, 0.3) is 10.8 Å². The molecule has 20 heteroatoms. The Balaban J connectivity index is 0.00000308. The number of benzene rings is 3. The van der Waals surface area contributed by atoms with Gasteiger partial charge in [-0.25, -0.2) is 21.8 Å². The van der Waals surface area contributed by atoms with Crippen molar-refractivity contribution in [2.75, 3.05) is 19.5 Å². The Morgan fingerprint density at radius 2 is 1.60 bits per heavy atom. The number of nitrogens with zero attached hydrogens (tertiary/aromatic N) is 5. The van der Waals surface area contributed by atoms with Gasteiger partial charge < -0.3 is 29.0 Å². The zero-order chi connectivity index (χ0) is 29.2. The maximum absolute atomic E-state index is 12.1. The van der Waals surface area contributed by atoms with Gasteiger partial charge in [-0.1, -0.05) is 0 Å². The van der Waals surface area contributed by atoms with Crippen molar-refractivity contribution in [2.45, 2.75) is 16.3 Å². The van der Waals surface area contributed by atoms with Gasteiger partial charge in [0.1, 0.15) is 37.4 Å². The fraction of sp³-hybridized carbons (Fsp3) is 0.136. The molecule has 0 saturated carbocycles. The number of rotatable bonds is 9. The Morgan fingerprint density at radius 3 is 2.21 bits per heavy atom. The van der Waals surface area contributed by atoms with Gasteiger partial charge in [-0.2, -0.15) is 9.97 Å². The number of nitrogens with one attached hydrogen (secondary N) is 1. The molecule has 0 bridgehead atoms. The molecular formula is C22H17ClN6Na2O9S2. The van der Waals surface area contributed by atoms with E-state index in [1.54, 1.807) is 0 Å². The zero-order valence-electron chi connectivity index (χ0n) is 22.4. The molecule has 0 unspecified atom stereocenters. The van der Waals surface area contributed by atoms with Gasteiger partial charge in [0.2, 0.25) is 5.28 Å². The summed E-state index contributed by atoms with van der Waals surface area (Å²) in [5.41, 5.74) is -0.797. The number of ether oxygens (including phenoxy) is 2. The van der Waals surface area contributed by atoms with Crippen LogP contribution in [-0.2, 0) is 26.8 Å². The average Bonchev–Trinajstić information content (AvgIpc) is 2.89. The number of phenolic OH excluding ortho intramolecular Hbond substituents is 1. The molecule has 3 aromatic carbocycles. The van der Waals surface area contributed by atoms with Crippen LogP contribution in [0.3, 0.4) is 0 Å². The van der Waals surface area contributed by atoms with Crippen molar-refractivity contribution >= 4 is 59.7 Å². The molecule has 1 heterocycles. The number of methoxy groups -OCH3 is 2. The van der Waals surface area contributed by atoms with Crippen LogP contribution in [0.15, 0.2) is 62.5 Å². The molecular weight excluding hydrogens is 638 g/mol. The number of phenols is 1. The molecule has 0 spiro atoms. The SMILES string of the molecule is COc1ccc(N=Nc2c(S(=O)(=O)[O-])cc3cc(NCc4nc(Cl)nc(OC)n4)ccc3c2O)c(S(=O)(=O)[O-])c1.[Na+].[Na+]. The fourth-order valence-corrected chi connectivity index (χ4v) is 4.92. The number of hydrogen-bond acceptors (Lipinski definition) is 15. The smallest absolute Gasteiger partial charge is 0.744 e. The van der Waals surface area contributed by atoms with Gasteiger partial charge >= 0.3 is 65.1 Å². The molecule has 4 rings (SSSR count). The molecule has 0 fully saturated rings. The number of hydrogen-bond donors (Lipinski definition) is 2. The first-order chi connectivity index (χ1) is 18.8. The predicted octanol–water partition coefficient (Wildman–Crippen LogP) is -2.76. The van der Waals surface area contributed by atoms with E-state index in [2.05, 4.69) is 30.5 Å². The van der Waals surface area contributed by atoms with E-state index in [0.717, 1.165) is 18.2 Å². The average molecular weight is 655 g/mol. The normalized spacial score (nSPS) is 11.5. The van der Waals surface area contributed by atoms with Crippen molar-refractivity contribution in [1.82, 2.24) is 15.0 Å². The summed E-state index contributed by atoms with van der Waals surface area (Å²) in [7, 11) is -7.67. The van der Waals surface area contributed by atoms with Gasteiger partial charge in [-0.05, 0) is 59.5 Å². The van der Waals surface area contributed by atoms with Crippen molar-refractivity contribution < 1.29 is 99.6 Å². The van der Waals surface area contributed by atoms with E-state index in [-0.39, 0.29) is 99.3 Å². The Labute approximate surface area is 288 Å². The number of anilines is 1. The van der Waals surface area contributed by atoms with Crippen molar-refractivity contribution in [3.05, 3.63) is 53.6 Å². The van der Waals surface area contributed by atoms with Gasteiger partial charge in [0.25, 0.3) is 0 Å². The van der Waals surface area contributed by atoms with Crippen LogP contribution in [0.1, 0.15) is 5.82 Å². The van der Waals surface area contributed by atoms with E-state index in [1.165, 1.54) is 38.5 Å². The van der Waals surface area contributed by atoms with Crippen molar-refractivity contribution in [1.29, 1.82) is 0 Å². The van der Waals surface area contributed by atoms with Crippen molar-refractivity contribution in [2.24, 2.45) is 10.2 Å². The molecule has 2 N–H and O–H groups in total. The third-order valence-corrected chi connectivity index (χ3v) is 7.17. The third-order valence-electron chi connectivity index (χ3n) is 5.28. The van der Waals surface area contributed by atoms with E-state index in [4.69, 9.17) is 21.1 Å². The minimum Gasteiger partial charge on any atom is -0.744 e. The summed E-state index contributed by atoms with van der Waals surface area (Å²) in [5.74, 6) is -0.459. The summed E-state index contributed by atoms with van der Waals surface area (Å²) in [6.07, 6.45) is 0. The summed E-state index contributed by atoms with van der Waals surface area (Å²) in [5, 5.41) is 21.2. The summed E-state index contributed by atoms with van der Waals surface area (Å²) >= 11 is 5.84. The van der Waals surface area contributed by atoms with E-state index in [1.807, 2.05) is 0 Å². The fourth-order valence-electron chi connectivity index (χ4n) is 3.48. The number of aromatic nitrogens is 3. The van der Waals surface area contributed by atoms with Gasteiger partial charge in [-0.3, -0.25) is 0 Å². The van der Waals surface area contributed by atoms with E-state index < -0.39 is 47.2 Å². The van der Waals surface area contributed by atoms with Crippen LogP contribution in [0.2, 0.25) is 5.28 Å². The van der Waals surface area contributed by atoms with Gasteiger partial charge in [0.15, 0.2) is 11.6 Å². The number of azo groups is 1. The van der Waals surface area contributed by atoms with Crippen LogP contribution >= 0.6 is 11.6 Å². The molecule has 15 nitrogen and oxygen atoms in total. The van der Waals surface area contributed by atoms with Crippen LogP contribution in [-0.4, -0.2) is 60.2 Å². The molecule has 0 atom stereocenters. The van der Waals surface area contributed by atoms with Crippen LogP contribution < -0.4 is 73.9 Å². The molecule has 0 saturated heterocycles. The Hall–Kier alpha value is -2.16. The van der Waals surface area contributed by atoms with E-state index in [9.17, 15) is 31.0 Å². The molecule has 0 aliphatic heterocycles. The summed E-state index contributed by atoms with van der Waals surface area (Å²) < 4.78 is 81.1. The second kappa shape index (κ2) is 14.5. The molecule has 0 amide bonds. The maximum Gasteiger partial charge on any atom is 1.00 e. The maximum atomic E-state index is 12.1. The van der Waals surface area contributed by atoms with Gasteiger partial charge in [-0.15, -0.1) is 10.2 Å². The monoisotopic (exact) mass is 654 g/mol. The zero-order valence-corrected chi connectivity index (χ0v) is 28.8. The molecule has 1 aromatic heterocycles. The summed E-state index contributed by atoms with van der Waals surface area (Å²) in [6.45, 7) is 0.0575. The molecule has 42 heavy (non-hydrogen) atoms. The van der Waals surface area contributed by atoms with Crippen LogP contribution in [0.5, 0.6) is 17.5 Å². The molecule has 0 aliphatic rings. The van der Waals surface area contributed by atoms with Crippen LogP contribution in [0.4, 0.5) is 17.1 Å². The van der Waals surface area contributed by atoms with Crippen molar-refractivity contribution in [3.63, 3.8) is 0 Å². The molecule has 0 radical (unpaired) electrons. The van der Waals surface area contributed by atoms with E-state index >= 15 is 0 Å². The second-order valence-corrected chi connectivity index (χ2v) is 10.8. The molecule has 4 aromatic rings.